The van der Waals surface area contributed by atoms with Crippen molar-refractivity contribution in [3.05, 3.63) is 47.5 Å². The van der Waals surface area contributed by atoms with Crippen molar-refractivity contribution in [2.45, 2.75) is 32.2 Å². The number of carbonyl (C=O) groups is 2. The van der Waals surface area contributed by atoms with Crippen LogP contribution in [-0.2, 0) is 14.3 Å². The maximum atomic E-state index is 13.8. The van der Waals surface area contributed by atoms with Gasteiger partial charge >= 0.3 is 5.97 Å². The highest BCUT2D eigenvalue weighted by atomic mass is 16.5. The number of carbonyl (C=O) groups excluding carboxylic acids is 2. The zero-order chi connectivity index (χ0) is 27.9. The van der Waals surface area contributed by atoms with Gasteiger partial charge in [0.2, 0.25) is 0 Å². The number of piperidine rings is 1. The van der Waals surface area contributed by atoms with Crippen molar-refractivity contribution in [1.82, 2.24) is 9.91 Å². The maximum absolute atomic E-state index is 13.8. The SMILES string of the molecule is CCOC(=O)C1CCN(CC(=O)N2N=C(c3ccc(OC)cc3OC)C[C@@H]2c2cc(OC)ccc2OC)CC1. The molecule has 4 rings (SSSR count). The summed E-state index contributed by atoms with van der Waals surface area (Å²) in [4.78, 5) is 28.0. The van der Waals surface area contributed by atoms with Crippen molar-refractivity contribution < 1.29 is 33.3 Å². The van der Waals surface area contributed by atoms with E-state index in [1.807, 2.05) is 37.3 Å². The highest BCUT2D eigenvalue weighted by Crippen LogP contribution is 2.41. The molecule has 2 aromatic carbocycles. The summed E-state index contributed by atoms with van der Waals surface area (Å²) in [5.74, 6) is 2.17. The van der Waals surface area contributed by atoms with E-state index in [0.29, 0.717) is 62.0 Å². The molecule has 2 heterocycles. The Bertz CT molecular complexity index is 1210. The molecule has 1 saturated heterocycles. The first kappa shape index (κ1) is 28.2. The molecule has 0 unspecified atom stereocenters. The van der Waals surface area contributed by atoms with Crippen molar-refractivity contribution in [2.24, 2.45) is 11.0 Å². The normalized spacial score (nSPS) is 17.9. The standard InChI is InChI=1S/C29H37N3O7/c1-6-39-29(34)19-11-13-31(14-12-19)18-28(33)32-25(23-15-20(35-2)8-10-26(23)37-4)17-24(30-32)22-9-7-21(36-3)16-27(22)38-5/h7-10,15-16,19,25H,6,11-14,17-18H2,1-5H3/t25-/m1/s1. The molecule has 10 heteroatoms. The molecule has 10 nitrogen and oxygen atoms in total. The Balaban J connectivity index is 1.61. The molecular formula is C29H37N3O7. The summed E-state index contributed by atoms with van der Waals surface area (Å²) >= 11 is 0. The molecule has 2 aliphatic rings. The number of esters is 1. The Labute approximate surface area is 229 Å². The van der Waals surface area contributed by atoms with Crippen LogP contribution < -0.4 is 18.9 Å². The molecule has 0 saturated carbocycles. The van der Waals surface area contributed by atoms with Gasteiger partial charge in [0.1, 0.15) is 23.0 Å². The van der Waals surface area contributed by atoms with Crippen LogP contribution in [0.4, 0.5) is 0 Å². The van der Waals surface area contributed by atoms with Gasteiger partial charge in [0.15, 0.2) is 0 Å². The number of methoxy groups -OCH3 is 4. The van der Waals surface area contributed by atoms with Crippen LogP contribution in [-0.4, -0.2) is 82.2 Å². The van der Waals surface area contributed by atoms with Crippen LogP contribution in [0.2, 0.25) is 0 Å². The fourth-order valence-electron chi connectivity index (χ4n) is 5.13. The van der Waals surface area contributed by atoms with Crippen LogP contribution in [0.15, 0.2) is 41.5 Å². The first-order chi connectivity index (χ1) is 18.9. The van der Waals surface area contributed by atoms with Gasteiger partial charge in [-0.3, -0.25) is 14.5 Å². The number of amides is 1. The zero-order valence-electron chi connectivity index (χ0n) is 23.3. The molecule has 2 aliphatic heterocycles. The molecule has 1 fully saturated rings. The lowest BCUT2D eigenvalue weighted by Crippen LogP contribution is -2.43. The van der Waals surface area contributed by atoms with Gasteiger partial charge in [-0.2, -0.15) is 5.10 Å². The lowest BCUT2D eigenvalue weighted by atomic mass is 9.96. The Morgan fingerprint density at radius 3 is 2.21 bits per heavy atom. The lowest BCUT2D eigenvalue weighted by Gasteiger charge is -2.32. The van der Waals surface area contributed by atoms with E-state index in [0.717, 1.165) is 16.8 Å². The van der Waals surface area contributed by atoms with Crippen molar-refractivity contribution in [2.75, 3.05) is 54.7 Å². The Morgan fingerprint density at radius 2 is 1.56 bits per heavy atom. The topological polar surface area (TPSA) is 99.1 Å². The minimum atomic E-state index is -0.401. The molecule has 0 aliphatic carbocycles. The largest absolute Gasteiger partial charge is 0.497 e. The summed E-state index contributed by atoms with van der Waals surface area (Å²) < 4.78 is 27.3. The summed E-state index contributed by atoms with van der Waals surface area (Å²) in [7, 11) is 6.41. The third-order valence-electron chi connectivity index (χ3n) is 7.25. The fraction of sp³-hybridized carbons (Fsp3) is 0.483. The van der Waals surface area contributed by atoms with Crippen molar-refractivity contribution in [1.29, 1.82) is 0 Å². The first-order valence-corrected chi connectivity index (χ1v) is 13.1. The fourth-order valence-corrected chi connectivity index (χ4v) is 5.13. The summed E-state index contributed by atoms with van der Waals surface area (Å²) in [6, 6.07) is 10.7. The second-order valence-electron chi connectivity index (χ2n) is 9.48. The van der Waals surface area contributed by atoms with Gasteiger partial charge in [-0.1, -0.05) is 0 Å². The molecule has 0 radical (unpaired) electrons. The lowest BCUT2D eigenvalue weighted by molar-refractivity contribution is -0.149. The molecule has 2 aromatic rings. The van der Waals surface area contributed by atoms with E-state index in [1.54, 1.807) is 39.5 Å². The van der Waals surface area contributed by atoms with Gasteiger partial charge in [0.25, 0.3) is 5.91 Å². The molecule has 0 bridgehead atoms. The van der Waals surface area contributed by atoms with E-state index in [9.17, 15) is 9.59 Å². The first-order valence-electron chi connectivity index (χ1n) is 13.1. The van der Waals surface area contributed by atoms with E-state index in [-0.39, 0.29) is 24.3 Å². The minimum Gasteiger partial charge on any atom is -0.497 e. The third kappa shape index (κ3) is 6.27. The van der Waals surface area contributed by atoms with Crippen LogP contribution in [0.25, 0.3) is 0 Å². The van der Waals surface area contributed by atoms with Gasteiger partial charge < -0.3 is 23.7 Å². The van der Waals surface area contributed by atoms with E-state index in [4.69, 9.17) is 28.8 Å². The Kier molecular flexibility index (Phi) is 9.29. The quantitative estimate of drug-likeness (QED) is 0.422. The Hall–Kier alpha value is -3.79. The van der Waals surface area contributed by atoms with E-state index in [2.05, 4.69) is 4.90 Å². The predicted octanol–water partition coefficient (Wildman–Crippen LogP) is 3.67. The van der Waals surface area contributed by atoms with E-state index < -0.39 is 6.04 Å². The van der Waals surface area contributed by atoms with Crippen LogP contribution in [0.5, 0.6) is 23.0 Å². The van der Waals surface area contributed by atoms with E-state index in [1.165, 1.54) is 0 Å². The maximum Gasteiger partial charge on any atom is 0.309 e. The minimum absolute atomic E-state index is 0.121. The zero-order valence-corrected chi connectivity index (χ0v) is 23.3. The number of hydrogen-bond acceptors (Lipinski definition) is 9. The summed E-state index contributed by atoms with van der Waals surface area (Å²) in [6.45, 7) is 3.65. The molecule has 1 amide bonds. The number of ether oxygens (including phenoxy) is 5. The van der Waals surface area contributed by atoms with Crippen molar-refractivity contribution in [3.8, 4) is 23.0 Å². The number of hydrogen-bond donors (Lipinski definition) is 0. The predicted molar refractivity (Wildman–Crippen MR) is 146 cm³/mol. The van der Waals surface area contributed by atoms with Crippen LogP contribution in [0.3, 0.4) is 0 Å². The van der Waals surface area contributed by atoms with Crippen molar-refractivity contribution >= 4 is 17.6 Å². The summed E-state index contributed by atoms with van der Waals surface area (Å²) in [5.41, 5.74) is 2.31. The van der Waals surface area contributed by atoms with Gasteiger partial charge in [0, 0.05) is 23.6 Å². The average Bonchev–Trinajstić information content (AvgIpc) is 3.42. The smallest absolute Gasteiger partial charge is 0.309 e. The second-order valence-corrected chi connectivity index (χ2v) is 9.48. The second kappa shape index (κ2) is 12.8. The highest BCUT2D eigenvalue weighted by Gasteiger charge is 2.37. The van der Waals surface area contributed by atoms with Gasteiger partial charge in [-0.15, -0.1) is 0 Å². The average molecular weight is 540 g/mol. The molecule has 0 aromatic heterocycles. The third-order valence-corrected chi connectivity index (χ3v) is 7.25. The van der Waals surface area contributed by atoms with Gasteiger partial charge in [-0.25, -0.2) is 5.01 Å². The molecule has 210 valence electrons. The van der Waals surface area contributed by atoms with Crippen molar-refractivity contribution in [3.63, 3.8) is 0 Å². The number of likely N-dealkylation sites (tertiary alicyclic amines) is 1. The molecule has 0 spiro atoms. The van der Waals surface area contributed by atoms with Gasteiger partial charge in [0.05, 0.1) is 59.3 Å². The monoisotopic (exact) mass is 539 g/mol. The van der Waals surface area contributed by atoms with Crippen LogP contribution in [0, 0.1) is 5.92 Å². The molecule has 0 N–H and O–H groups in total. The molecular weight excluding hydrogens is 502 g/mol. The molecule has 39 heavy (non-hydrogen) atoms. The van der Waals surface area contributed by atoms with Gasteiger partial charge in [-0.05, 0) is 63.2 Å². The van der Waals surface area contributed by atoms with Crippen LogP contribution in [0.1, 0.15) is 43.4 Å². The summed E-state index contributed by atoms with van der Waals surface area (Å²) in [6.07, 6.45) is 1.79. The summed E-state index contributed by atoms with van der Waals surface area (Å²) in [5, 5.41) is 6.38. The number of rotatable bonds is 10. The molecule has 1 atom stereocenters. The Morgan fingerprint density at radius 1 is 0.897 bits per heavy atom. The number of hydrazone groups is 1. The highest BCUT2D eigenvalue weighted by molar-refractivity contribution is 6.05. The van der Waals surface area contributed by atoms with E-state index >= 15 is 0 Å². The number of benzene rings is 2. The van der Waals surface area contributed by atoms with Crippen LogP contribution >= 0.6 is 0 Å². The number of nitrogens with zero attached hydrogens (tertiary/aromatic N) is 3.